The number of carbonyl (C=O) groups is 1. The molecule has 0 aliphatic heterocycles. The van der Waals surface area contributed by atoms with Gasteiger partial charge >= 0.3 is 5.97 Å². The van der Waals surface area contributed by atoms with E-state index in [1.807, 2.05) is 23.6 Å². The number of aromatic nitrogens is 2. The number of nitriles is 1. The van der Waals surface area contributed by atoms with Crippen LogP contribution in [0.5, 0.6) is 0 Å². The largest absolute Gasteiger partial charge is 0.477 e. The molecule has 0 unspecified atom stereocenters. The summed E-state index contributed by atoms with van der Waals surface area (Å²) >= 11 is 1.49. The van der Waals surface area contributed by atoms with Crippen LogP contribution in [0.1, 0.15) is 16.1 Å². The highest BCUT2D eigenvalue weighted by atomic mass is 32.1. The van der Waals surface area contributed by atoms with Crippen LogP contribution in [0.4, 0.5) is 0 Å². The van der Waals surface area contributed by atoms with E-state index in [-0.39, 0.29) is 5.69 Å². The van der Waals surface area contributed by atoms with E-state index in [0.29, 0.717) is 16.9 Å². The summed E-state index contributed by atoms with van der Waals surface area (Å²) in [5, 5.41) is 24.6. The van der Waals surface area contributed by atoms with Crippen LogP contribution in [-0.4, -0.2) is 20.9 Å². The van der Waals surface area contributed by atoms with Crippen molar-refractivity contribution in [1.82, 2.24) is 9.78 Å². The minimum atomic E-state index is -1.06. The first kappa shape index (κ1) is 13.1. The monoisotopic (exact) mass is 295 g/mol. The van der Waals surface area contributed by atoms with Gasteiger partial charge in [-0.05, 0) is 29.6 Å². The summed E-state index contributed by atoms with van der Waals surface area (Å²) in [6.07, 6.45) is 0. The normalized spacial score (nSPS) is 10.2. The zero-order valence-corrected chi connectivity index (χ0v) is 11.5. The van der Waals surface area contributed by atoms with Crippen molar-refractivity contribution < 1.29 is 9.90 Å². The number of carboxylic acids is 1. The zero-order chi connectivity index (χ0) is 14.8. The van der Waals surface area contributed by atoms with Crippen LogP contribution in [0.3, 0.4) is 0 Å². The molecule has 0 saturated heterocycles. The van der Waals surface area contributed by atoms with E-state index in [2.05, 4.69) is 5.10 Å². The Bertz CT molecular complexity index is 844. The molecule has 1 aromatic carbocycles. The number of rotatable bonds is 3. The fourth-order valence-electron chi connectivity index (χ4n) is 1.98. The van der Waals surface area contributed by atoms with E-state index in [1.165, 1.54) is 22.1 Å². The smallest absolute Gasteiger partial charge is 0.354 e. The SMILES string of the molecule is N#Cc1cccc(-n2nc(-c3cccs3)cc2C(=O)O)c1. The van der Waals surface area contributed by atoms with Crippen molar-refractivity contribution in [3.8, 4) is 22.3 Å². The van der Waals surface area contributed by atoms with Crippen molar-refractivity contribution >= 4 is 17.3 Å². The minimum Gasteiger partial charge on any atom is -0.477 e. The van der Waals surface area contributed by atoms with Gasteiger partial charge in [-0.2, -0.15) is 10.4 Å². The van der Waals surface area contributed by atoms with E-state index in [9.17, 15) is 9.90 Å². The van der Waals surface area contributed by atoms with E-state index in [4.69, 9.17) is 5.26 Å². The van der Waals surface area contributed by atoms with E-state index >= 15 is 0 Å². The minimum absolute atomic E-state index is 0.0634. The summed E-state index contributed by atoms with van der Waals surface area (Å²) in [4.78, 5) is 12.3. The van der Waals surface area contributed by atoms with Crippen molar-refractivity contribution in [2.45, 2.75) is 0 Å². The molecule has 2 heterocycles. The van der Waals surface area contributed by atoms with Crippen molar-refractivity contribution in [3.63, 3.8) is 0 Å². The van der Waals surface area contributed by atoms with Gasteiger partial charge in [0.15, 0.2) is 5.69 Å². The fraction of sp³-hybridized carbons (Fsp3) is 0. The Morgan fingerprint density at radius 3 is 2.81 bits per heavy atom. The van der Waals surface area contributed by atoms with Crippen LogP contribution in [0.2, 0.25) is 0 Å². The van der Waals surface area contributed by atoms with Crippen LogP contribution in [0.25, 0.3) is 16.3 Å². The molecule has 0 spiro atoms. The van der Waals surface area contributed by atoms with Crippen molar-refractivity contribution in [2.75, 3.05) is 0 Å². The Morgan fingerprint density at radius 1 is 1.29 bits per heavy atom. The summed E-state index contributed by atoms with van der Waals surface area (Å²) in [7, 11) is 0. The van der Waals surface area contributed by atoms with Gasteiger partial charge < -0.3 is 5.11 Å². The molecular formula is C15H9N3O2S. The molecule has 102 valence electrons. The summed E-state index contributed by atoms with van der Waals surface area (Å²) in [5.41, 5.74) is 1.67. The lowest BCUT2D eigenvalue weighted by molar-refractivity contribution is 0.0687. The molecule has 3 aromatic rings. The summed E-state index contributed by atoms with van der Waals surface area (Å²) in [6.45, 7) is 0. The third kappa shape index (κ3) is 2.42. The average molecular weight is 295 g/mol. The standard InChI is InChI=1S/C15H9N3O2S/c16-9-10-3-1-4-11(7-10)18-13(15(19)20)8-12(17-18)14-5-2-6-21-14/h1-8H,(H,19,20). The Kier molecular flexibility index (Phi) is 3.26. The van der Waals surface area contributed by atoms with Crippen molar-refractivity contribution in [1.29, 1.82) is 5.26 Å². The number of hydrogen-bond acceptors (Lipinski definition) is 4. The molecule has 3 rings (SSSR count). The second-order valence-corrected chi connectivity index (χ2v) is 5.22. The first-order valence-corrected chi connectivity index (χ1v) is 6.95. The van der Waals surface area contributed by atoms with Gasteiger partial charge in [-0.1, -0.05) is 12.1 Å². The molecule has 0 atom stereocenters. The first-order valence-electron chi connectivity index (χ1n) is 6.07. The van der Waals surface area contributed by atoms with E-state index in [1.54, 1.807) is 24.3 Å². The zero-order valence-electron chi connectivity index (χ0n) is 10.7. The van der Waals surface area contributed by atoms with Gasteiger partial charge in [0, 0.05) is 6.07 Å². The molecule has 21 heavy (non-hydrogen) atoms. The molecule has 5 nitrogen and oxygen atoms in total. The van der Waals surface area contributed by atoms with Gasteiger partial charge in [0.1, 0.15) is 5.69 Å². The van der Waals surface area contributed by atoms with Gasteiger partial charge in [0.05, 0.1) is 22.2 Å². The number of aromatic carboxylic acids is 1. The quantitative estimate of drug-likeness (QED) is 0.805. The van der Waals surface area contributed by atoms with Crippen molar-refractivity contribution in [2.24, 2.45) is 0 Å². The molecule has 0 bridgehead atoms. The topological polar surface area (TPSA) is 78.9 Å². The molecule has 0 aliphatic rings. The molecule has 0 amide bonds. The molecule has 0 saturated carbocycles. The third-order valence-electron chi connectivity index (χ3n) is 2.92. The number of carboxylic acid groups (broad SMARTS) is 1. The van der Waals surface area contributed by atoms with Crippen LogP contribution in [-0.2, 0) is 0 Å². The summed E-state index contributed by atoms with van der Waals surface area (Å²) < 4.78 is 1.35. The molecule has 6 heteroatoms. The van der Waals surface area contributed by atoms with Crippen molar-refractivity contribution in [3.05, 3.63) is 59.1 Å². The maximum atomic E-state index is 11.4. The molecule has 0 fully saturated rings. The van der Waals surface area contributed by atoms with Crippen LogP contribution < -0.4 is 0 Å². The Morgan fingerprint density at radius 2 is 2.14 bits per heavy atom. The lowest BCUT2D eigenvalue weighted by atomic mass is 10.2. The van der Waals surface area contributed by atoms with Crippen LogP contribution in [0, 0.1) is 11.3 Å². The maximum absolute atomic E-state index is 11.4. The second kappa shape index (κ2) is 5.23. The predicted molar refractivity (Wildman–Crippen MR) is 78.6 cm³/mol. The van der Waals surface area contributed by atoms with Gasteiger partial charge in [-0.3, -0.25) is 0 Å². The molecule has 0 radical (unpaired) electrons. The summed E-state index contributed by atoms with van der Waals surface area (Å²) in [6, 6.07) is 14.0. The highest BCUT2D eigenvalue weighted by molar-refractivity contribution is 7.13. The first-order chi connectivity index (χ1) is 10.2. The highest BCUT2D eigenvalue weighted by Gasteiger charge is 2.17. The fourth-order valence-corrected chi connectivity index (χ4v) is 2.66. The predicted octanol–water partition coefficient (Wildman–Crippen LogP) is 3.17. The molecule has 1 N–H and O–H groups in total. The summed E-state index contributed by atoms with van der Waals surface area (Å²) in [5.74, 6) is -1.06. The third-order valence-corrected chi connectivity index (χ3v) is 3.81. The lowest BCUT2D eigenvalue weighted by Gasteiger charge is -2.04. The molecule has 2 aromatic heterocycles. The number of thiophene rings is 1. The van der Waals surface area contributed by atoms with E-state index in [0.717, 1.165) is 4.88 Å². The number of hydrogen-bond donors (Lipinski definition) is 1. The molecule has 0 aliphatic carbocycles. The van der Waals surface area contributed by atoms with Crippen LogP contribution in [0.15, 0.2) is 47.8 Å². The van der Waals surface area contributed by atoms with Gasteiger partial charge in [0.25, 0.3) is 0 Å². The lowest BCUT2D eigenvalue weighted by Crippen LogP contribution is -2.07. The van der Waals surface area contributed by atoms with Gasteiger partial charge in [0.2, 0.25) is 0 Å². The van der Waals surface area contributed by atoms with Gasteiger partial charge in [-0.15, -0.1) is 11.3 Å². The second-order valence-electron chi connectivity index (χ2n) is 4.27. The van der Waals surface area contributed by atoms with E-state index < -0.39 is 5.97 Å². The number of nitrogens with zero attached hydrogens (tertiary/aromatic N) is 3. The van der Waals surface area contributed by atoms with Gasteiger partial charge in [-0.25, -0.2) is 9.48 Å². The Labute approximate surface area is 124 Å². The Balaban J connectivity index is 2.17. The highest BCUT2D eigenvalue weighted by Crippen LogP contribution is 2.26. The number of benzene rings is 1. The maximum Gasteiger partial charge on any atom is 0.354 e. The van der Waals surface area contributed by atoms with Crippen LogP contribution >= 0.6 is 11.3 Å². The average Bonchev–Trinajstić information content (AvgIpc) is 3.16. The Hall–Kier alpha value is -2.91. The molecular weight excluding hydrogens is 286 g/mol.